The molecule has 1 aliphatic heterocycles. The van der Waals surface area contributed by atoms with E-state index in [1.165, 1.54) is 5.56 Å². The van der Waals surface area contributed by atoms with Crippen molar-refractivity contribution in [2.75, 3.05) is 19.8 Å². The molecule has 1 fully saturated rings. The highest BCUT2D eigenvalue weighted by molar-refractivity contribution is 5.41. The first-order valence-electron chi connectivity index (χ1n) is 8.53. The molecule has 0 aliphatic carbocycles. The van der Waals surface area contributed by atoms with Gasteiger partial charge < -0.3 is 14.2 Å². The van der Waals surface area contributed by atoms with Crippen molar-refractivity contribution in [3.05, 3.63) is 29.3 Å². The van der Waals surface area contributed by atoms with Gasteiger partial charge in [-0.25, -0.2) is 0 Å². The molecule has 0 spiro atoms. The number of hydrogen-bond donors (Lipinski definition) is 0. The van der Waals surface area contributed by atoms with Crippen molar-refractivity contribution < 1.29 is 14.2 Å². The van der Waals surface area contributed by atoms with Crippen molar-refractivity contribution in [1.29, 1.82) is 0 Å². The standard InChI is InChI=1S/C19H30O3/c1-6-9-19(21-10-11-22-19)16-7-8-18(20-13-14(2)3)17(12-16)15(4)5/h7-8,12,14-15H,6,9-11,13H2,1-5H3. The Hall–Kier alpha value is -1.06. The van der Waals surface area contributed by atoms with E-state index < -0.39 is 5.79 Å². The molecule has 0 saturated carbocycles. The molecule has 22 heavy (non-hydrogen) atoms. The first-order chi connectivity index (χ1) is 10.5. The van der Waals surface area contributed by atoms with Gasteiger partial charge in [0, 0.05) is 12.0 Å². The largest absolute Gasteiger partial charge is 0.493 e. The van der Waals surface area contributed by atoms with E-state index >= 15 is 0 Å². The quantitative estimate of drug-likeness (QED) is 0.721. The third-order valence-corrected chi connectivity index (χ3v) is 3.98. The van der Waals surface area contributed by atoms with E-state index in [4.69, 9.17) is 14.2 Å². The second-order valence-corrected chi connectivity index (χ2v) is 6.81. The summed E-state index contributed by atoms with van der Waals surface area (Å²) >= 11 is 0. The van der Waals surface area contributed by atoms with Crippen LogP contribution in [0.4, 0.5) is 0 Å². The summed E-state index contributed by atoms with van der Waals surface area (Å²) in [4.78, 5) is 0. The Morgan fingerprint density at radius 2 is 1.82 bits per heavy atom. The molecule has 1 saturated heterocycles. The molecule has 2 rings (SSSR count). The van der Waals surface area contributed by atoms with E-state index in [9.17, 15) is 0 Å². The van der Waals surface area contributed by atoms with Gasteiger partial charge in [0.15, 0.2) is 5.79 Å². The SMILES string of the molecule is CCCC1(c2ccc(OCC(C)C)c(C(C)C)c2)OCCO1. The van der Waals surface area contributed by atoms with Crippen LogP contribution in [0.3, 0.4) is 0 Å². The molecule has 0 radical (unpaired) electrons. The van der Waals surface area contributed by atoms with Crippen molar-refractivity contribution >= 4 is 0 Å². The molecule has 1 aromatic rings. The molecule has 0 bridgehead atoms. The number of rotatable bonds is 7. The van der Waals surface area contributed by atoms with Gasteiger partial charge in [-0.1, -0.05) is 41.0 Å². The van der Waals surface area contributed by atoms with E-state index in [0.717, 1.165) is 30.8 Å². The highest BCUT2D eigenvalue weighted by Gasteiger charge is 2.38. The van der Waals surface area contributed by atoms with E-state index in [0.29, 0.717) is 25.0 Å². The van der Waals surface area contributed by atoms with Gasteiger partial charge in [-0.05, 0) is 35.6 Å². The minimum Gasteiger partial charge on any atom is -0.493 e. The van der Waals surface area contributed by atoms with Crippen LogP contribution < -0.4 is 4.74 Å². The molecule has 3 nitrogen and oxygen atoms in total. The summed E-state index contributed by atoms with van der Waals surface area (Å²) in [6, 6.07) is 6.39. The van der Waals surface area contributed by atoms with Crippen molar-refractivity contribution in [1.82, 2.24) is 0 Å². The van der Waals surface area contributed by atoms with E-state index in [2.05, 4.69) is 52.8 Å². The molecule has 0 N–H and O–H groups in total. The Morgan fingerprint density at radius 3 is 2.36 bits per heavy atom. The zero-order chi connectivity index (χ0) is 16.2. The molecule has 0 aromatic heterocycles. The van der Waals surface area contributed by atoms with E-state index in [1.807, 2.05) is 0 Å². The van der Waals surface area contributed by atoms with Gasteiger partial charge in [0.1, 0.15) is 5.75 Å². The molecule has 1 aromatic carbocycles. The van der Waals surface area contributed by atoms with Crippen LogP contribution in [0, 0.1) is 5.92 Å². The molecular formula is C19H30O3. The van der Waals surface area contributed by atoms with Gasteiger partial charge in [0.2, 0.25) is 0 Å². The fourth-order valence-corrected chi connectivity index (χ4v) is 2.86. The first kappa shape index (κ1) is 17.3. The second kappa shape index (κ2) is 7.47. The molecule has 3 heteroatoms. The molecule has 0 atom stereocenters. The highest BCUT2D eigenvalue weighted by Crippen LogP contribution is 2.39. The van der Waals surface area contributed by atoms with Crippen molar-refractivity contribution in [2.45, 2.75) is 59.2 Å². The summed E-state index contributed by atoms with van der Waals surface area (Å²) in [7, 11) is 0. The van der Waals surface area contributed by atoms with Gasteiger partial charge in [-0.3, -0.25) is 0 Å². The van der Waals surface area contributed by atoms with Gasteiger partial charge in [0.25, 0.3) is 0 Å². The van der Waals surface area contributed by atoms with Gasteiger partial charge in [-0.2, -0.15) is 0 Å². The molecule has 0 unspecified atom stereocenters. The summed E-state index contributed by atoms with van der Waals surface area (Å²) in [5.74, 6) is 1.35. The highest BCUT2D eigenvalue weighted by atomic mass is 16.7. The monoisotopic (exact) mass is 306 g/mol. The van der Waals surface area contributed by atoms with Crippen LogP contribution in [0.15, 0.2) is 18.2 Å². The third kappa shape index (κ3) is 3.82. The molecule has 1 aliphatic rings. The van der Waals surface area contributed by atoms with Crippen molar-refractivity contribution in [2.24, 2.45) is 5.92 Å². The molecule has 124 valence electrons. The van der Waals surface area contributed by atoms with E-state index in [-0.39, 0.29) is 0 Å². The lowest BCUT2D eigenvalue weighted by Gasteiger charge is -2.29. The Balaban J connectivity index is 2.31. The zero-order valence-electron chi connectivity index (χ0n) is 14.6. The van der Waals surface area contributed by atoms with Gasteiger partial charge in [-0.15, -0.1) is 0 Å². The average molecular weight is 306 g/mol. The van der Waals surface area contributed by atoms with Gasteiger partial charge in [0.05, 0.1) is 19.8 Å². The summed E-state index contributed by atoms with van der Waals surface area (Å²) in [6.45, 7) is 13.0. The second-order valence-electron chi connectivity index (χ2n) is 6.81. The normalized spacial score (nSPS) is 17.4. The number of benzene rings is 1. The maximum atomic E-state index is 5.99. The lowest BCUT2D eigenvalue weighted by atomic mass is 9.94. The molecule has 1 heterocycles. The summed E-state index contributed by atoms with van der Waals surface area (Å²) in [5.41, 5.74) is 2.35. The van der Waals surface area contributed by atoms with Crippen molar-refractivity contribution in [3.8, 4) is 5.75 Å². The van der Waals surface area contributed by atoms with Crippen LogP contribution in [0.5, 0.6) is 5.75 Å². The summed E-state index contributed by atoms with van der Waals surface area (Å²) in [6.07, 6.45) is 1.92. The summed E-state index contributed by atoms with van der Waals surface area (Å²) < 4.78 is 17.9. The predicted molar refractivity (Wildman–Crippen MR) is 89.4 cm³/mol. The lowest BCUT2D eigenvalue weighted by molar-refractivity contribution is -0.171. The maximum Gasteiger partial charge on any atom is 0.194 e. The topological polar surface area (TPSA) is 27.7 Å². The molecular weight excluding hydrogens is 276 g/mol. The maximum absolute atomic E-state index is 5.99. The zero-order valence-corrected chi connectivity index (χ0v) is 14.6. The van der Waals surface area contributed by atoms with Crippen LogP contribution in [-0.2, 0) is 15.3 Å². The fourth-order valence-electron chi connectivity index (χ4n) is 2.86. The third-order valence-electron chi connectivity index (χ3n) is 3.98. The van der Waals surface area contributed by atoms with Crippen LogP contribution in [0.25, 0.3) is 0 Å². The van der Waals surface area contributed by atoms with Crippen molar-refractivity contribution in [3.63, 3.8) is 0 Å². The Bertz CT molecular complexity index is 474. The van der Waals surface area contributed by atoms with Crippen LogP contribution in [-0.4, -0.2) is 19.8 Å². The Labute approximate surface area is 135 Å². The van der Waals surface area contributed by atoms with E-state index in [1.54, 1.807) is 0 Å². The Kier molecular flexibility index (Phi) is 5.87. The lowest BCUT2D eigenvalue weighted by Crippen LogP contribution is -2.27. The first-order valence-corrected chi connectivity index (χ1v) is 8.53. The predicted octanol–water partition coefficient (Wildman–Crippen LogP) is 4.84. The van der Waals surface area contributed by atoms with Crippen LogP contribution in [0.2, 0.25) is 0 Å². The number of hydrogen-bond acceptors (Lipinski definition) is 3. The summed E-state index contributed by atoms with van der Waals surface area (Å²) in [5, 5.41) is 0. The smallest absolute Gasteiger partial charge is 0.194 e. The fraction of sp³-hybridized carbons (Fsp3) is 0.684. The van der Waals surface area contributed by atoms with Gasteiger partial charge >= 0.3 is 0 Å². The minimum atomic E-state index is -0.561. The Morgan fingerprint density at radius 1 is 1.14 bits per heavy atom. The average Bonchev–Trinajstić information content (AvgIpc) is 2.95. The van der Waals surface area contributed by atoms with Crippen LogP contribution >= 0.6 is 0 Å². The molecule has 0 amide bonds. The van der Waals surface area contributed by atoms with Crippen LogP contribution in [0.1, 0.15) is 64.5 Å². The minimum absolute atomic E-state index is 0.405. The number of ether oxygens (including phenoxy) is 3.